The fourth-order valence-corrected chi connectivity index (χ4v) is 3.51. The molecule has 2 heterocycles. The average molecular weight is 413 g/mol. The van der Waals surface area contributed by atoms with Crippen molar-refractivity contribution < 1.29 is 19.4 Å². The van der Waals surface area contributed by atoms with Crippen molar-refractivity contribution in [3.8, 4) is 12.3 Å². The number of halogens is 1. The third-order valence-corrected chi connectivity index (χ3v) is 5.13. The summed E-state index contributed by atoms with van der Waals surface area (Å²) in [6.07, 6.45) is 5.87. The number of pyridine rings is 1. The number of rotatable bonds is 7. The lowest BCUT2D eigenvalue weighted by atomic mass is 9.90. The summed E-state index contributed by atoms with van der Waals surface area (Å²) in [6, 6.07) is 12.2. The maximum Gasteiger partial charge on any atom is 0.416 e. The smallest absolute Gasteiger partial charge is 0.416 e. The van der Waals surface area contributed by atoms with Crippen LogP contribution in [0.3, 0.4) is 0 Å². The van der Waals surface area contributed by atoms with Crippen LogP contribution in [0, 0.1) is 18.3 Å². The molecule has 0 bridgehead atoms. The van der Waals surface area contributed by atoms with Crippen molar-refractivity contribution in [3.63, 3.8) is 0 Å². The molecule has 3 atom stereocenters. The molecule has 1 aliphatic rings. The lowest BCUT2D eigenvalue weighted by molar-refractivity contribution is -0.137. The van der Waals surface area contributed by atoms with Gasteiger partial charge in [0.2, 0.25) is 5.91 Å². The first-order chi connectivity index (χ1) is 14.0. The van der Waals surface area contributed by atoms with Crippen LogP contribution in [0.4, 0.5) is 4.79 Å². The molecule has 1 fully saturated rings. The van der Waals surface area contributed by atoms with Crippen LogP contribution in [0.5, 0.6) is 0 Å². The molecule has 3 rings (SSSR count). The highest BCUT2D eigenvalue weighted by molar-refractivity contribution is 6.29. The first kappa shape index (κ1) is 20.8. The molecule has 2 amide bonds. The standard InChI is InChI=1S/C22H21ClN2O4/c1-2-3-9-18(20(26)16-10-11-19(23)24-13-16)21(27)25-17(14-29-22(25)28)12-15-7-5-4-6-8-15/h1,4-8,10-11,13,17-18,20,26H,3,9,12,14H2/t17-,18+,20+/m0/s1. The van der Waals surface area contributed by atoms with Gasteiger partial charge in [-0.25, -0.2) is 14.7 Å². The van der Waals surface area contributed by atoms with Crippen LogP contribution >= 0.6 is 11.6 Å². The van der Waals surface area contributed by atoms with Gasteiger partial charge in [-0.15, -0.1) is 12.3 Å². The number of carbonyl (C=O) groups excluding carboxylic acids is 2. The first-order valence-electron chi connectivity index (χ1n) is 9.28. The molecular formula is C22H21ClN2O4. The monoisotopic (exact) mass is 412 g/mol. The summed E-state index contributed by atoms with van der Waals surface area (Å²) in [5.41, 5.74) is 1.41. The number of aliphatic hydroxyl groups is 1. The van der Waals surface area contributed by atoms with E-state index in [-0.39, 0.29) is 24.6 Å². The number of amides is 2. The van der Waals surface area contributed by atoms with E-state index in [0.29, 0.717) is 12.0 Å². The highest BCUT2D eigenvalue weighted by atomic mass is 35.5. The molecule has 0 saturated carbocycles. The molecule has 0 aliphatic carbocycles. The normalized spacial score (nSPS) is 18.0. The molecule has 0 unspecified atom stereocenters. The SMILES string of the molecule is C#CCC[C@@H](C(=O)N1C(=O)OC[C@@H]1Cc1ccccc1)[C@H](O)c1ccc(Cl)nc1. The van der Waals surface area contributed by atoms with E-state index in [4.69, 9.17) is 22.8 Å². The van der Waals surface area contributed by atoms with Crippen LogP contribution in [0.25, 0.3) is 0 Å². The zero-order valence-electron chi connectivity index (χ0n) is 15.7. The molecule has 2 aromatic rings. The predicted molar refractivity (Wildman–Crippen MR) is 108 cm³/mol. The van der Waals surface area contributed by atoms with E-state index in [0.717, 1.165) is 10.5 Å². The fourth-order valence-electron chi connectivity index (χ4n) is 3.40. The zero-order valence-corrected chi connectivity index (χ0v) is 16.5. The van der Waals surface area contributed by atoms with Gasteiger partial charge in [0, 0.05) is 12.6 Å². The number of ether oxygens (including phenoxy) is 1. The molecule has 0 spiro atoms. The highest BCUT2D eigenvalue weighted by Gasteiger charge is 2.42. The number of terminal acetylenes is 1. The van der Waals surface area contributed by atoms with Crippen LogP contribution in [0.15, 0.2) is 48.7 Å². The molecular weight excluding hydrogens is 392 g/mol. The Bertz CT molecular complexity index is 895. The summed E-state index contributed by atoms with van der Waals surface area (Å²) >= 11 is 5.81. The average Bonchev–Trinajstić information content (AvgIpc) is 3.09. The second kappa shape index (κ2) is 9.55. The number of aliphatic hydroxyl groups excluding tert-OH is 1. The van der Waals surface area contributed by atoms with Crippen molar-refractivity contribution in [2.24, 2.45) is 5.92 Å². The third kappa shape index (κ3) is 4.94. The summed E-state index contributed by atoms with van der Waals surface area (Å²) in [5.74, 6) is 1.07. The van der Waals surface area contributed by atoms with E-state index in [1.54, 1.807) is 6.07 Å². The van der Waals surface area contributed by atoms with E-state index in [9.17, 15) is 14.7 Å². The van der Waals surface area contributed by atoms with Crippen LogP contribution in [0.1, 0.15) is 30.1 Å². The van der Waals surface area contributed by atoms with Gasteiger partial charge in [0.15, 0.2) is 0 Å². The molecule has 29 heavy (non-hydrogen) atoms. The highest BCUT2D eigenvalue weighted by Crippen LogP contribution is 2.30. The Morgan fingerprint density at radius 1 is 1.34 bits per heavy atom. The van der Waals surface area contributed by atoms with E-state index in [1.165, 1.54) is 12.3 Å². The van der Waals surface area contributed by atoms with Crippen molar-refractivity contribution >= 4 is 23.6 Å². The van der Waals surface area contributed by atoms with Gasteiger partial charge in [-0.3, -0.25) is 4.79 Å². The van der Waals surface area contributed by atoms with Gasteiger partial charge in [0.05, 0.1) is 18.1 Å². The Morgan fingerprint density at radius 2 is 2.10 bits per heavy atom. The molecule has 7 heteroatoms. The van der Waals surface area contributed by atoms with Crippen molar-refractivity contribution in [2.75, 3.05) is 6.61 Å². The quantitative estimate of drug-likeness (QED) is 0.557. The Balaban J connectivity index is 1.83. The molecule has 1 aromatic heterocycles. The zero-order chi connectivity index (χ0) is 20.8. The number of hydrogen-bond donors (Lipinski definition) is 1. The van der Waals surface area contributed by atoms with Gasteiger partial charge in [-0.1, -0.05) is 48.0 Å². The maximum absolute atomic E-state index is 13.3. The predicted octanol–water partition coefficient (Wildman–Crippen LogP) is 3.39. The minimum Gasteiger partial charge on any atom is -0.447 e. The summed E-state index contributed by atoms with van der Waals surface area (Å²) < 4.78 is 5.14. The molecule has 150 valence electrons. The number of carbonyl (C=O) groups is 2. The van der Waals surface area contributed by atoms with Crippen LogP contribution < -0.4 is 0 Å². The second-order valence-electron chi connectivity index (χ2n) is 6.84. The van der Waals surface area contributed by atoms with Gasteiger partial charge in [0.25, 0.3) is 0 Å². The van der Waals surface area contributed by atoms with Crippen molar-refractivity contribution in [3.05, 3.63) is 64.9 Å². The van der Waals surface area contributed by atoms with Gasteiger partial charge < -0.3 is 9.84 Å². The lowest BCUT2D eigenvalue weighted by Crippen LogP contribution is -2.45. The fraction of sp³-hybridized carbons (Fsp3) is 0.318. The Labute approximate surface area is 174 Å². The van der Waals surface area contributed by atoms with Crippen LogP contribution in [-0.4, -0.2) is 39.6 Å². The maximum atomic E-state index is 13.3. The minimum atomic E-state index is -1.17. The van der Waals surface area contributed by atoms with Crippen LogP contribution in [-0.2, 0) is 16.0 Å². The molecule has 1 aromatic carbocycles. The van der Waals surface area contributed by atoms with Gasteiger partial charge in [-0.2, -0.15) is 0 Å². The summed E-state index contributed by atoms with van der Waals surface area (Å²) in [4.78, 5) is 30.7. The lowest BCUT2D eigenvalue weighted by Gasteiger charge is -2.27. The molecule has 6 nitrogen and oxygen atoms in total. The van der Waals surface area contributed by atoms with Gasteiger partial charge >= 0.3 is 6.09 Å². The Kier molecular flexibility index (Phi) is 6.86. The molecule has 0 radical (unpaired) electrons. The summed E-state index contributed by atoms with van der Waals surface area (Å²) in [5, 5.41) is 11.1. The van der Waals surface area contributed by atoms with Crippen LogP contribution in [0.2, 0.25) is 5.15 Å². The first-order valence-corrected chi connectivity index (χ1v) is 9.65. The number of nitrogens with zero attached hydrogens (tertiary/aromatic N) is 2. The molecule has 1 aliphatic heterocycles. The Hall–Kier alpha value is -2.88. The number of cyclic esters (lactones) is 1. The summed E-state index contributed by atoms with van der Waals surface area (Å²) in [7, 11) is 0. The van der Waals surface area contributed by atoms with E-state index >= 15 is 0 Å². The number of benzene rings is 1. The largest absolute Gasteiger partial charge is 0.447 e. The van der Waals surface area contributed by atoms with Gasteiger partial charge in [-0.05, 0) is 30.0 Å². The van der Waals surface area contributed by atoms with Crippen molar-refractivity contribution in [1.29, 1.82) is 0 Å². The number of imide groups is 1. The third-order valence-electron chi connectivity index (χ3n) is 4.90. The van der Waals surface area contributed by atoms with E-state index < -0.39 is 30.1 Å². The van der Waals surface area contributed by atoms with Gasteiger partial charge in [0.1, 0.15) is 11.8 Å². The Morgan fingerprint density at radius 3 is 2.76 bits per heavy atom. The topological polar surface area (TPSA) is 79.7 Å². The van der Waals surface area contributed by atoms with E-state index in [2.05, 4.69) is 10.9 Å². The molecule has 1 saturated heterocycles. The van der Waals surface area contributed by atoms with E-state index in [1.807, 2.05) is 30.3 Å². The van der Waals surface area contributed by atoms with Crippen molar-refractivity contribution in [1.82, 2.24) is 9.88 Å². The number of aromatic nitrogens is 1. The number of hydrogen-bond acceptors (Lipinski definition) is 5. The minimum absolute atomic E-state index is 0.111. The molecule has 1 N–H and O–H groups in total. The second-order valence-corrected chi connectivity index (χ2v) is 7.22. The summed E-state index contributed by atoms with van der Waals surface area (Å²) in [6.45, 7) is 0.111. The van der Waals surface area contributed by atoms with Crippen molar-refractivity contribution in [2.45, 2.75) is 31.4 Å².